The zero-order valence-electron chi connectivity index (χ0n) is 7.88. The number of alkyl halides is 3. The van der Waals surface area contributed by atoms with Crippen LogP contribution >= 0.6 is 12.8 Å². The molecule has 0 aliphatic carbocycles. The second-order valence-electron chi connectivity index (χ2n) is 2.97. The number of halogens is 3. The van der Waals surface area contributed by atoms with E-state index in [0.29, 0.717) is 5.56 Å². The van der Waals surface area contributed by atoms with E-state index >= 15 is 0 Å². The fourth-order valence-corrected chi connectivity index (χ4v) is 1.20. The van der Waals surface area contributed by atoms with Gasteiger partial charge in [-0.3, -0.25) is 4.72 Å². The number of benzene rings is 1. The molecule has 1 atom stereocenters. The minimum Gasteiger partial charge on any atom is -0.406 e. The quantitative estimate of drug-likeness (QED) is 0.788. The largest absolute Gasteiger partial charge is 0.573 e. The van der Waals surface area contributed by atoms with Crippen LogP contribution in [0.3, 0.4) is 0 Å². The van der Waals surface area contributed by atoms with Crippen molar-refractivity contribution in [3.63, 3.8) is 0 Å². The molecule has 84 valence electrons. The van der Waals surface area contributed by atoms with Crippen LogP contribution in [0.4, 0.5) is 13.2 Å². The summed E-state index contributed by atoms with van der Waals surface area (Å²) < 4.78 is 42.1. The van der Waals surface area contributed by atoms with Gasteiger partial charge in [0.1, 0.15) is 5.75 Å². The van der Waals surface area contributed by atoms with Gasteiger partial charge in [-0.25, -0.2) is 0 Å². The zero-order valence-corrected chi connectivity index (χ0v) is 8.77. The van der Waals surface area contributed by atoms with Gasteiger partial charge in [0.25, 0.3) is 0 Å². The lowest BCUT2D eigenvalue weighted by atomic mass is 10.1. The third-order valence-corrected chi connectivity index (χ3v) is 2.17. The average molecular weight is 237 g/mol. The lowest BCUT2D eigenvalue weighted by Gasteiger charge is -2.13. The Bertz CT molecular complexity index is 329. The molecule has 0 aliphatic heterocycles. The summed E-state index contributed by atoms with van der Waals surface area (Å²) in [5.74, 6) is -0.226. The predicted octanol–water partition coefficient (Wildman–Crippen LogP) is 3.08. The summed E-state index contributed by atoms with van der Waals surface area (Å²) >= 11 is 3.83. The Balaban J connectivity index is 2.83. The molecule has 15 heavy (non-hydrogen) atoms. The molecule has 0 saturated carbocycles. The first-order chi connectivity index (χ1) is 6.92. The fraction of sp³-hybridized carbons (Fsp3) is 0.333. The number of nitrogens with one attached hydrogen (secondary N) is 1. The van der Waals surface area contributed by atoms with Crippen LogP contribution < -0.4 is 9.46 Å². The van der Waals surface area contributed by atoms with Crippen molar-refractivity contribution in [2.24, 2.45) is 0 Å². The number of hydrogen-bond donors (Lipinski definition) is 2. The molecule has 0 saturated heterocycles. The molecule has 2 nitrogen and oxygen atoms in total. The molecule has 0 bridgehead atoms. The highest BCUT2D eigenvalue weighted by Gasteiger charge is 2.31. The Morgan fingerprint density at radius 2 is 2.07 bits per heavy atom. The van der Waals surface area contributed by atoms with Crippen LogP contribution in [0, 0.1) is 0 Å². The van der Waals surface area contributed by atoms with E-state index in [1.165, 1.54) is 18.2 Å². The van der Waals surface area contributed by atoms with Crippen molar-refractivity contribution >= 4 is 12.8 Å². The molecule has 0 aromatic heterocycles. The molecule has 0 aliphatic rings. The van der Waals surface area contributed by atoms with E-state index in [-0.39, 0.29) is 11.8 Å². The van der Waals surface area contributed by atoms with E-state index < -0.39 is 6.36 Å². The summed E-state index contributed by atoms with van der Waals surface area (Å²) in [5, 5.41) is 0. The maximum atomic E-state index is 11.9. The SMILES string of the molecule is CC(NS)c1cccc(OC(F)(F)F)c1. The van der Waals surface area contributed by atoms with Crippen molar-refractivity contribution in [3.8, 4) is 5.75 Å². The molecule has 1 N–H and O–H groups in total. The van der Waals surface area contributed by atoms with E-state index in [2.05, 4.69) is 22.3 Å². The van der Waals surface area contributed by atoms with Crippen LogP contribution in [0.5, 0.6) is 5.75 Å². The molecule has 0 spiro atoms. The van der Waals surface area contributed by atoms with Crippen LogP contribution in [0.2, 0.25) is 0 Å². The highest BCUT2D eigenvalue weighted by atomic mass is 32.1. The highest BCUT2D eigenvalue weighted by Crippen LogP contribution is 2.25. The summed E-state index contributed by atoms with van der Waals surface area (Å²) in [4.78, 5) is 0. The third kappa shape index (κ3) is 4.01. The highest BCUT2D eigenvalue weighted by molar-refractivity contribution is 7.78. The van der Waals surface area contributed by atoms with Gasteiger partial charge in [0, 0.05) is 6.04 Å². The van der Waals surface area contributed by atoms with Gasteiger partial charge in [-0.2, -0.15) is 0 Å². The van der Waals surface area contributed by atoms with Crippen molar-refractivity contribution in [2.45, 2.75) is 19.3 Å². The topological polar surface area (TPSA) is 21.3 Å². The maximum Gasteiger partial charge on any atom is 0.573 e. The lowest BCUT2D eigenvalue weighted by molar-refractivity contribution is -0.274. The standard InChI is InChI=1S/C9H10F3NOS/c1-6(13-15)7-3-2-4-8(5-7)14-9(10,11)12/h2-6,13,15H,1H3. The summed E-state index contributed by atoms with van der Waals surface area (Å²) in [6.07, 6.45) is -4.66. The number of ether oxygens (including phenoxy) is 1. The van der Waals surface area contributed by atoms with Crippen LogP contribution in [-0.4, -0.2) is 6.36 Å². The predicted molar refractivity (Wildman–Crippen MR) is 53.7 cm³/mol. The van der Waals surface area contributed by atoms with Crippen molar-refractivity contribution in [2.75, 3.05) is 0 Å². The van der Waals surface area contributed by atoms with Crippen molar-refractivity contribution in [1.29, 1.82) is 0 Å². The molecular formula is C9H10F3NOS. The number of rotatable bonds is 3. The summed E-state index contributed by atoms with van der Waals surface area (Å²) in [6.45, 7) is 1.78. The second kappa shape index (κ2) is 4.76. The molecule has 0 radical (unpaired) electrons. The first-order valence-corrected chi connectivity index (χ1v) is 4.62. The van der Waals surface area contributed by atoms with Crippen LogP contribution in [0.1, 0.15) is 18.5 Å². The maximum absolute atomic E-state index is 11.9. The molecule has 6 heteroatoms. The average Bonchev–Trinajstić information content (AvgIpc) is 2.14. The first kappa shape index (κ1) is 12.2. The second-order valence-corrected chi connectivity index (χ2v) is 3.23. The van der Waals surface area contributed by atoms with Gasteiger partial charge in [-0.15, -0.1) is 13.2 Å². The summed E-state index contributed by atoms with van der Waals surface area (Å²) in [7, 11) is 0. The molecule has 1 rings (SSSR count). The van der Waals surface area contributed by atoms with E-state index in [0.717, 1.165) is 0 Å². The van der Waals surface area contributed by atoms with Gasteiger partial charge < -0.3 is 4.74 Å². The Morgan fingerprint density at radius 3 is 2.60 bits per heavy atom. The molecule has 0 amide bonds. The van der Waals surface area contributed by atoms with Crippen molar-refractivity contribution < 1.29 is 17.9 Å². The van der Waals surface area contributed by atoms with E-state index in [9.17, 15) is 13.2 Å². The molecule has 1 aromatic carbocycles. The molecule has 1 unspecified atom stereocenters. The Hall–Kier alpha value is -0.880. The smallest absolute Gasteiger partial charge is 0.406 e. The Kier molecular flexibility index (Phi) is 3.87. The van der Waals surface area contributed by atoms with Gasteiger partial charge in [0.15, 0.2) is 0 Å². The summed E-state index contributed by atoms with van der Waals surface area (Å²) in [5.41, 5.74) is 0.673. The van der Waals surface area contributed by atoms with Crippen LogP contribution in [0.25, 0.3) is 0 Å². The van der Waals surface area contributed by atoms with Crippen molar-refractivity contribution in [3.05, 3.63) is 29.8 Å². The number of hydrogen-bond acceptors (Lipinski definition) is 3. The van der Waals surface area contributed by atoms with Gasteiger partial charge in [0.2, 0.25) is 0 Å². The number of thiol groups is 1. The molecule has 0 heterocycles. The Labute approximate surface area is 91.0 Å². The lowest BCUT2D eigenvalue weighted by Crippen LogP contribution is -2.17. The zero-order chi connectivity index (χ0) is 11.5. The minimum absolute atomic E-state index is 0.148. The van der Waals surface area contributed by atoms with Crippen molar-refractivity contribution in [1.82, 2.24) is 4.72 Å². The Morgan fingerprint density at radius 1 is 1.40 bits per heavy atom. The minimum atomic E-state index is -4.66. The van der Waals surface area contributed by atoms with E-state index in [1.54, 1.807) is 13.0 Å². The molecular weight excluding hydrogens is 227 g/mol. The van der Waals surface area contributed by atoms with E-state index in [4.69, 9.17) is 0 Å². The van der Waals surface area contributed by atoms with Crippen LogP contribution in [-0.2, 0) is 0 Å². The fourth-order valence-electron chi connectivity index (χ4n) is 1.06. The van der Waals surface area contributed by atoms with Gasteiger partial charge >= 0.3 is 6.36 Å². The first-order valence-electron chi connectivity index (χ1n) is 4.17. The van der Waals surface area contributed by atoms with E-state index in [1.807, 2.05) is 0 Å². The normalized spacial score (nSPS) is 13.7. The van der Waals surface area contributed by atoms with Crippen LogP contribution in [0.15, 0.2) is 24.3 Å². The van der Waals surface area contributed by atoms with Gasteiger partial charge in [-0.05, 0) is 24.6 Å². The summed E-state index contributed by atoms with van der Waals surface area (Å²) in [6, 6.07) is 5.61. The van der Waals surface area contributed by atoms with Gasteiger partial charge in [0.05, 0.1) is 0 Å². The molecule has 0 fully saturated rings. The van der Waals surface area contributed by atoms with Gasteiger partial charge in [-0.1, -0.05) is 24.9 Å². The molecule has 1 aromatic rings. The monoisotopic (exact) mass is 237 g/mol. The third-order valence-electron chi connectivity index (χ3n) is 1.79.